The fourth-order valence-electron chi connectivity index (χ4n) is 0.942. The molecule has 1 atom stereocenters. The third-order valence-electron chi connectivity index (χ3n) is 1.72. The molecule has 0 radical (unpaired) electrons. The normalized spacial score (nSPS) is 13.2. The summed E-state index contributed by atoms with van der Waals surface area (Å²) in [5.41, 5.74) is 1.12. The number of aromatic nitrogens is 2. The fraction of sp³-hybridized carbons (Fsp3) is 0.625. The summed E-state index contributed by atoms with van der Waals surface area (Å²) >= 11 is 0. The zero-order valence-corrected chi connectivity index (χ0v) is 7.25. The second-order valence-corrected chi connectivity index (χ2v) is 2.87. The first-order chi connectivity index (χ1) is 5.83. The topological polar surface area (TPSA) is 60.9 Å². The van der Waals surface area contributed by atoms with Crippen molar-refractivity contribution in [1.82, 2.24) is 15.5 Å². The molecule has 0 saturated heterocycles. The van der Waals surface area contributed by atoms with E-state index in [1.54, 1.807) is 6.20 Å². The molecule has 1 rings (SSSR count). The van der Waals surface area contributed by atoms with Gasteiger partial charge in [0, 0.05) is 30.9 Å². The van der Waals surface area contributed by atoms with Gasteiger partial charge in [0.25, 0.3) is 0 Å². The molecule has 0 saturated carbocycles. The summed E-state index contributed by atoms with van der Waals surface area (Å²) < 4.78 is 0. The molecule has 0 spiro atoms. The van der Waals surface area contributed by atoms with E-state index in [0.717, 1.165) is 18.7 Å². The Bertz CT molecular complexity index is 198. The predicted octanol–water partition coefficient (Wildman–Crippen LogP) is -0.0774. The van der Waals surface area contributed by atoms with Crippen molar-refractivity contribution < 1.29 is 5.11 Å². The molecule has 0 aliphatic carbocycles. The van der Waals surface area contributed by atoms with E-state index in [4.69, 9.17) is 5.11 Å². The molecular weight excluding hydrogens is 154 g/mol. The SMILES string of the molecule is CC(CO)NCCc1ccn[nH]1. The van der Waals surface area contributed by atoms with Gasteiger partial charge in [-0.15, -0.1) is 0 Å². The van der Waals surface area contributed by atoms with Crippen molar-refractivity contribution in [1.29, 1.82) is 0 Å². The Labute approximate surface area is 72.0 Å². The van der Waals surface area contributed by atoms with Gasteiger partial charge in [-0.05, 0) is 13.0 Å². The Morgan fingerprint density at radius 1 is 1.75 bits per heavy atom. The highest BCUT2D eigenvalue weighted by atomic mass is 16.3. The van der Waals surface area contributed by atoms with Crippen LogP contribution in [0.2, 0.25) is 0 Å². The molecule has 3 N–H and O–H groups in total. The molecule has 68 valence electrons. The maximum atomic E-state index is 8.71. The lowest BCUT2D eigenvalue weighted by atomic mass is 10.3. The van der Waals surface area contributed by atoms with Crippen molar-refractivity contribution in [3.63, 3.8) is 0 Å². The van der Waals surface area contributed by atoms with Crippen LogP contribution in [-0.4, -0.2) is 34.5 Å². The van der Waals surface area contributed by atoms with E-state index in [1.807, 2.05) is 13.0 Å². The summed E-state index contributed by atoms with van der Waals surface area (Å²) in [5.74, 6) is 0. The van der Waals surface area contributed by atoms with Gasteiger partial charge in [-0.25, -0.2) is 0 Å². The fourth-order valence-corrected chi connectivity index (χ4v) is 0.942. The van der Waals surface area contributed by atoms with Crippen LogP contribution in [0.3, 0.4) is 0 Å². The molecule has 4 nitrogen and oxygen atoms in total. The highest BCUT2D eigenvalue weighted by Gasteiger charge is 1.98. The summed E-state index contributed by atoms with van der Waals surface area (Å²) in [6.07, 6.45) is 2.66. The number of hydrogen-bond acceptors (Lipinski definition) is 3. The van der Waals surface area contributed by atoms with Crippen molar-refractivity contribution in [2.75, 3.05) is 13.2 Å². The lowest BCUT2D eigenvalue weighted by Gasteiger charge is -2.08. The third-order valence-corrected chi connectivity index (χ3v) is 1.72. The molecule has 0 aliphatic rings. The first-order valence-corrected chi connectivity index (χ1v) is 4.15. The molecule has 1 aromatic rings. The number of H-pyrrole nitrogens is 1. The minimum absolute atomic E-state index is 0.174. The van der Waals surface area contributed by atoms with Gasteiger partial charge in [-0.3, -0.25) is 5.10 Å². The molecule has 0 bridgehead atoms. The quantitative estimate of drug-likeness (QED) is 0.578. The third kappa shape index (κ3) is 3.02. The molecule has 1 aromatic heterocycles. The summed E-state index contributed by atoms with van der Waals surface area (Å²) in [6.45, 7) is 3.00. The van der Waals surface area contributed by atoms with Crippen LogP contribution in [0.25, 0.3) is 0 Å². The number of aliphatic hydroxyl groups excluding tert-OH is 1. The molecule has 0 fully saturated rings. The molecule has 0 aliphatic heterocycles. The van der Waals surface area contributed by atoms with E-state index in [9.17, 15) is 0 Å². The Morgan fingerprint density at radius 3 is 3.17 bits per heavy atom. The van der Waals surface area contributed by atoms with Gasteiger partial charge in [-0.1, -0.05) is 0 Å². The number of nitrogens with one attached hydrogen (secondary N) is 2. The van der Waals surface area contributed by atoms with Gasteiger partial charge < -0.3 is 10.4 Å². The van der Waals surface area contributed by atoms with Crippen molar-refractivity contribution in [2.45, 2.75) is 19.4 Å². The summed E-state index contributed by atoms with van der Waals surface area (Å²) in [4.78, 5) is 0. The van der Waals surface area contributed by atoms with E-state index < -0.39 is 0 Å². The molecule has 4 heteroatoms. The van der Waals surface area contributed by atoms with Crippen LogP contribution in [0, 0.1) is 0 Å². The summed E-state index contributed by atoms with van der Waals surface area (Å²) in [7, 11) is 0. The maximum Gasteiger partial charge on any atom is 0.0581 e. The zero-order chi connectivity index (χ0) is 8.81. The van der Waals surface area contributed by atoms with Crippen LogP contribution in [-0.2, 0) is 6.42 Å². The van der Waals surface area contributed by atoms with E-state index >= 15 is 0 Å². The van der Waals surface area contributed by atoms with E-state index in [-0.39, 0.29) is 12.6 Å². The number of aromatic amines is 1. The van der Waals surface area contributed by atoms with Crippen molar-refractivity contribution >= 4 is 0 Å². The Kier molecular flexibility index (Phi) is 3.76. The van der Waals surface area contributed by atoms with Gasteiger partial charge in [0.2, 0.25) is 0 Å². The first kappa shape index (κ1) is 9.22. The molecule has 0 aromatic carbocycles. The van der Waals surface area contributed by atoms with E-state index in [0.29, 0.717) is 0 Å². The number of hydrogen-bond donors (Lipinski definition) is 3. The molecule has 1 unspecified atom stereocenters. The van der Waals surface area contributed by atoms with Crippen LogP contribution < -0.4 is 5.32 Å². The average Bonchev–Trinajstić information content (AvgIpc) is 2.57. The standard InChI is InChI=1S/C8H15N3O/c1-7(6-12)9-4-2-8-3-5-10-11-8/h3,5,7,9,12H,2,4,6H2,1H3,(H,10,11). The number of nitrogens with zero attached hydrogens (tertiary/aromatic N) is 1. The molecule has 12 heavy (non-hydrogen) atoms. The van der Waals surface area contributed by atoms with Gasteiger partial charge in [-0.2, -0.15) is 5.10 Å². The smallest absolute Gasteiger partial charge is 0.0581 e. The largest absolute Gasteiger partial charge is 0.395 e. The minimum atomic E-state index is 0.174. The van der Waals surface area contributed by atoms with Gasteiger partial charge in [0.05, 0.1) is 6.61 Å². The Hall–Kier alpha value is -0.870. The average molecular weight is 169 g/mol. The summed E-state index contributed by atoms with van der Waals surface area (Å²) in [6, 6.07) is 2.12. The second kappa shape index (κ2) is 4.90. The van der Waals surface area contributed by atoms with Crippen molar-refractivity contribution in [3.05, 3.63) is 18.0 Å². The lowest BCUT2D eigenvalue weighted by Crippen LogP contribution is -2.31. The van der Waals surface area contributed by atoms with Gasteiger partial charge in [0.1, 0.15) is 0 Å². The molecular formula is C8H15N3O. The van der Waals surface area contributed by atoms with E-state index in [2.05, 4.69) is 15.5 Å². The summed E-state index contributed by atoms with van der Waals surface area (Å²) in [5, 5.41) is 18.6. The Balaban J connectivity index is 2.11. The van der Waals surface area contributed by atoms with Gasteiger partial charge >= 0.3 is 0 Å². The molecule has 1 heterocycles. The Morgan fingerprint density at radius 2 is 2.58 bits per heavy atom. The molecule has 0 amide bonds. The van der Waals surface area contributed by atoms with Crippen LogP contribution in [0.4, 0.5) is 0 Å². The number of aliphatic hydroxyl groups is 1. The van der Waals surface area contributed by atoms with Crippen LogP contribution in [0.5, 0.6) is 0 Å². The van der Waals surface area contributed by atoms with Gasteiger partial charge in [0.15, 0.2) is 0 Å². The minimum Gasteiger partial charge on any atom is -0.395 e. The maximum absolute atomic E-state index is 8.71. The highest BCUT2D eigenvalue weighted by molar-refractivity contribution is 4.97. The van der Waals surface area contributed by atoms with Crippen LogP contribution >= 0.6 is 0 Å². The monoisotopic (exact) mass is 169 g/mol. The van der Waals surface area contributed by atoms with Crippen LogP contribution in [0.15, 0.2) is 12.3 Å². The number of rotatable bonds is 5. The van der Waals surface area contributed by atoms with Crippen molar-refractivity contribution in [2.24, 2.45) is 0 Å². The zero-order valence-electron chi connectivity index (χ0n) is 7.25. The van der Waals surface area contributed by atoms with Crippen molar-refractivity contribution in [3.8, 4) is 0 Å². The predicted molar refractivity (Wildman–Crippen MR) is 46.8 cm³/mol. The second-order valence-electron chi connectivity index (χ2n) is 2.87. The first-order valence-electron chi connectivity index (χ1n) is 4.15. The highest BCUT2D eigenvalue weighted by Crippen LogP contribution is 1.91. The van der Waals surface area contributed by atoms with E-state index in [1.165, 1.54) is 0 Å². The van der Waals surface area contributed by atoms with Crippen LogP contribution in [0.1, 0.15) is 12.6 Å². The lowest BCUT2D eigenvalue weighted by molar-refractivity contribution is 0.252.